The summed E-state index contributed by atoms with van der Waals surface area (Å²) >= 11 is 6.00. The van der Waals surface area contributed by atoms with Crippen molar-refractivity contribution in [1.29, 1.82) is 0 Å². The smallest absolute Gasteiger partial charge is 0.253 e. The van der Waals surface area contributed by atoms with Gasteiger partial charge in [0.1, 0.15) is 0 Å². The van der Waals surface area contributed by atoms with E-state index in [1.807, 2.05) is 0 Å². The van der Waals surface area contributed by atoms with E-state index < -0.39 is 0 Å². The number of rotatable bonds is 2. The number of nitrogens with one attached hydrogen (secondary N) is 1. The SMILES string of the molecule is CC1COCCC1NC(=O)c1cc(N)ccc1Cl. The first-order chi connectivity index (χ1) is 8.58. The molecule has 1 aliphatic heterocycles. The number of ether oxygens (including phenoxy) is 1. The fourth-order valence-corrected chi connectivity index (χ4v) is 2.26. The van der Waals surface area contributed by atoms with E-state index in [9.17, 15) is 4.79 Å². The number of halogens is 1. The van der Waals surface area contributed by atoms with Crippen LogP contribution in [0, 0.1) is 5.92 Å². The van der Waals surface area contributed by atoms with E-state index in [0.29, 0.717) is 35.4 Å². The van der Waals surface area contributed by atoms with E-state index in [4.69, 9.17) is 22.1 Å². The Balaban J connectivity index is 2.09. The van der Waals surface area contributed by atoms with Crippen molar-refractivity contribution in [2.24, 2.45) is 5.92 Å². The Kier molecular flexibility index (Phi) is 4.09. The maximum atomic E-state index is 12.1. The quantitative estimate of drug-likeness (QED) is 0.807. The number of amides is 1. The van der Waals surface area contributed by atoms with Gasteiger partial charge in [0, 0.05) is 18.3 Å². The predicted octanol–water partition coefficient (Wildman–Crippen LogP) is 2.08. The topological polar surface area (TPSA) is 64.3 Å². The minimum atomic E-state index is -0.175. The van der Waals surface area contributed by atoms with Crippen LogP contribution in [0.15, 0.2) is 18.2 Å². The molecule has 0 bridgehead atoms. The first kappa shape index (κ1) is 13.2. The van der Waals surface area contributed by atoms with Gasteiger partial charge in [-0.2, -0.15) is 0 Å². The number of nitrogen functional groups attached to an aromatic ring is 1. The third kappa shape index (κ3) is 2.94. The molecule has 0 aromatic heterocycles. The van der Waals surface area contributed by atoms with Gasteiger partial charge in [0.2, 0.25) is 0 Å². The highest BCUT2D eigenvalue weighted by atomic mass is 35.5. The second-order valence-electron chi connectivity index (χ2n) is 4.66. The van der Waals surface area contributed by atoms with Crippen molar-refractivity contribution < 1.29 is 9.53 Å². The molecule has 2 rings (SSSR count). The van der Waals surface area contributed by atoms with Crippen LogP contribution in [-0.4, -0.2) is 25.2 Å². The number of nitrogens with two attached hydrogens (primary N) is 1. The highest BCUT2D eigenvalue weighted by Crippen LogP contribution is 2.20. The summed E-state index contributed by atoms with van der Waals surface area (Å²) in [6, 6.07) is 5.04. The van der Waals surface area contributed by atoms with Crippen LogP contribution in [0.1, 0.15) is 23.7 Å². The van der Waals surface area contributed by atoms with Crippen molar-refractivity contribution in [3.63, 3.8) is 0 Å². The molecule has 1 heterocycles. The van der Waals surface area contributed by atoms with Gasteiger partial charge in [-0.05, 0) is 30.5 Å². The third-order valence-electron chi connectivity index (χ3n) is 3.19. The Morgan fingerprint density at radius 1 is 1.56 bits per heavy atom. The minimum Gasteiger partial charge on any atom is -0.399 e. The van der Waals surface area contributed by atoms with Crippen LogP contribution in [0.25, 0.3) is 0 Å². The molecule has 18 heavy (non-hydrogen) atoms. The van der Waals surface area contributed by atoms with Gasteiger partial charge < -0.3 is 15.8 Å². The van der Waals surface area contributed by atoms with Gasteiger partial charge in [-0.15, -0.1) is 0 Å². The Morgan fingerprint density at radius 2 is 2.33 bits per heavy atom. The second kappa shape index (κ2) is 5.59. The Morgan fingerprint density at radius 3 is 3.06 bits per heavy atom. The number of hydrogen-bond donors (Lipinski definition) is 2. The lowest BCUT2D eigenvalue weighted by Gasteiger charge is -2.29. The van der Waals surface area contributed by atoms with Crippen molar-refractivity contribution in [2.75, 3.05) is 18.9 Å². The van der Waals surface area contributed by atoms with Crippen molar-refractivity contribution in [3.05, 3.63) is 28.8 Å². The Labute approximate surface area is 111 Å². The number of anilines is 1. The zero-order valence-electron chi connectivity index (χ0n) is 10.3. The van der Waals surface area contributed by atoms with E-state index in [1.54, 1.807) is 18.2 Å². The minimum absolute atomic E-state index is 0.128. The van der Waals surface area contributed by atoms with Crippen LogP contribution in [0.4, 0.5) is 5.69 Å². The molecule has 1 fully saturated rings. The molecule has 4 nitrogen and oxygen atoms in total. The van der Waals surface area contributed by atoms with Crippen LogP contribution < -0.4 is 11.1 Å². The monoisotopic (exact) mass is 268 g/mol. The molecule has 1 aromatic rings. The summed E-state index contributed by atoms with van der Waals surface area (Å²) in [5.74, 6) is 0.133. The fraction of sp³-hybridized carbons (Fsp3) is 0.462. The van der Waals surface area contributed by atoms with Gasteiger partial charge in [-0.1, -0.05) is 18.5 Å². The maximum absolute atomic E-state index is 12.1. The molecule has 1 saturated heterocycles. The van der Waals surface area contributed by atoms with E-state index in [2.05, 4.69) is 12.2 Å². The predicted molar refractivity (Wildman–Crippen MR) is 71.7 cm³/mol. The van der Waals surface area contributed by atoms with Crippen LogP contribution in [-0.2, 0) is 4.74 Å². The molecule has 5 heteroatoms. The molecule has 0 aliphatic carbocycles. The van der Waals surface area contributed by atoms with Crippen molar-refractivity contribution in [2.45, 2.75) is 19.4 Å². The summed E-state index contributed by atoms with van der Waals surface area (Å²) in [6.45, 7) is 3.42. The van der Waals surface area contributed by atoms with Gasteiger partial charge in [0.25, 0.3) is 5.91 Å². The first-order valence-corrected chi connectivity index (χ1v) is 6.39. The summed E-state index contributed by atoms with van der Waals surface area (Å²) in [5, 5.41) is 3.41. The summed E-state index contributed by atoms with van der Waals surface area (Å²) in [6.07, 6.45) is 0.826. The molecule has 1 aliphatic rings. The fourth-order valence-electron chi connectivity index (χ4n) is 2.06. The molecule has 0 spiro atoms. The molecular formula is C13H17ClN2O2. The molecule has 2 unspecified atom stereocenters. The summed E-state index contributed by atoms with van der Waals surface area (Å²) < 4.78 is 5.34. The Bertz CT molecular complexity index is 451. The normalized spacial score (nSPS) is 23.7. The average molecular weight is 269 g/mol. The zero-order valence-corrected chi connectivity index (χ0v) is 11.0. The standard InChI is InChI=1S/C13H17ClN2O2/c1-8-7-18-5-4-12(8)16-13(17)10-6-9(15)2-3-11(10)14/h2-3,6,8,12H,4-5,7,15H2,1H3,(H,16,17). The van der Waals surface area contributed by atoms with Gasteiger partial charge in [-0.25, -0.2) is 0 Å². The van der Waals surface area contributed by atoms with Gasteiger partial charge >= 0.3 is 0 Å². The summed E-state index contributed by atoms with van der Waals surface area (Å²) in [4.78, 5) is 12.1. The van der Waals surface area contributed by atoms with E-state index in [1.165, 1.54) is 0 Å². The van der Waals surface area contributed by atoms with Crippen molar-refractivity contribution in [3.8, 4) is 0 Å². The van der Waals surface area contributed by atoms with E-state index in [-0.39, 0.29) is 11.9 Å². The highest BCUT2D eigenvalue weighted by Gasteiger charge is 2.24. The molecular weight excluding hydrogens is 252 g/mol. The highest BCUT2D eigenvalue weighted by molar-refractivity contribution is 6.34. The van der Waals surface area contributed by atoms with E-state index >= 15 is 0 Å². The van der Waals surface area contributed by atoms with Crippen molar-refractivity contribution >= 4 is 23.2 Å². The molecule has 0 radical (unpaired) electrons. The molecule has 2 atom stereocenters. The summed E-state index contributed by atoms with van der Waals surface area (Å²) in [5.41, 5.74) is 6.63. The van der Waals surface area contributed by atoms with Gasteiger partial charge in [-0.3, -0.25) is 4.79 Å². The van der Waals surface area contributed by atoms with Gasteiger partial charge in [0.05, 0.1) is 17.2 Å². The second-order valence-corrected chi connectivity index (χ2v) is 5.07. The first-order valence-electron chi connectivity index (χ1n) is 6.01. The number of hydrogen-bond acceptors (Lipinski definition) is 3. The lowest BCUT2D eigenvalue weighted by Crippen LogP contribution is -2.44. The number of benzene rings is 1. The average Bonchev–Trinajstić information content (AvgIpc) is 2.35. The summed E-state index contributed by atoms with van der Waals surface area (Å²) in [7, 11) is 0. The molecule has 98 valence electrons. The largest absolute Gasteiger partial charge is 0.399 e. The molecule has 1 aromatic carbocycles. The van der Waals surface area contributed by atoms with Crippen LogP contribution in [0.3, 0.4) is 0 Å². The number of carbonyl (C=O) groups excluding carboxylic acids is 1. The Hall–Kier alpha value is -1.26. The third-order valence-corrected chi connectivity index (χ3v) is 3.52. The lowest BCUT2D eigenvalue weighted by molar-refractivity contribution is 0.0375. The van der Waals surface area contributed by atoms with Gasteiger partial charge in [0.15, 0.2) is 0 Å². The molecule has 1 amide bonds. The van der Waals surface area contributed by atoms with Crippen LogP contribution in [0.2, 0.25) is 5.02 Å². The van der Waals surface area contributed by atoms with Crippen LogP contribution in [0.5, 0.6) is 0 Å². The molecule has 3 N–H and O–H groups in total. The lowest BCUT2D eigenvalue weighted by atomic mass is 9.97. The van der Waals surface area contributed by atoms with E-state index in [0.717, 1.165) is 6.42 Å². The maximum Gasteiger partial charge on any atom is 0.253 e. The zero-order chi connectivity index (χ0) is 13.1. The van der Waals surface area contributed by atoms with Crippen molar-refractivity contribution in [1.82, 2.24) is 5.32 Å². The molecule has 0 saturated carbocycles. The number of carbonyl (C=O) groups is 1. The van der Waals surface area contributed by atoms with Crippen LogP contribution >= 0.6 is 11.6 Å².